The first kappa shape index (κ1) is 9.23. The van der Waals surface area contributed by atoms with Crippen LogP contribution in [-0.4, -0.2) is 21.9 Å². The first-order chi connectivity index (χ1) is 5.54. The molecule has 0 saturated heterocycles. The molecule has 0 aromatic carbocycles. The molecule has 0 amide bonds. The van der Waals surface area contributed by atoms with E-state index in [0.29, 0.717) is 6.42 Å². The predicted octanol–water partition coefficient (Wildman–Crippen LogP) is 1.17. The second-order valence-electron chi connectivity index (χ2n) is 3.31. The molecular weight excluding hydrogens is 152 g/mol. The number of rotatable bonds is 2. The molecule has 1 aliphatic rings. The molecule has 1 rings (SSSR count). The average Bonchev–Trinajstić information content (AvgIpc) is 1.94. The zero-order valence-electron chi connectivity index (χ0n) is 7.20. The number of hydrogen-bond acceptors (Lipinski definition) is 2. The maximum Gasteiger partial charge on any atom is 0.116 e. The van der Waals surface area contributed by atoms with E-state index in [0.717, 1.165) is 5.57 Å². The standard InChI is InChI=1S/C10H14O2/c1-8(2)7-10(12)6-4-3-5-9(10)11/h3-6,9,11-12H,1,7H2,2H3. The molecule has 0 aliphatic heterocycles. The molecule has 0 bridgehead atoms. The van der Waals surface area contributed by atoms with Gasteiger partial charge in [-0.1, -0.05) is 23.8 Å². The van der Waals surface area contributed by atoms with Gasteiger partial charge in [0.2, 0.25) is 0 Å². The minimum atomic E-state index is -1.15. The lowest BCUT2D eigenvalue weighted by atomic mass is 9.87. The van der Waals surface area contributed by atoms with E-state index in [-0.39, 0.29) is 0 Å². The average molecular weight is 166 g/mol. The van der Waals surface area contributed by atoms with Crippen molar-refractivity contribution < 1.29 is 10.2 Å². The Morgan fingerprint density at radius 3 is 2.75 bits per heavy atom. The lowest BCUT2D eigenvalue weighted by molar-refractivity contribution is -0.0147. The van der Waals surface area contributed by atoms with E-state index in [4.69, 9.17) is 0 Å². The van der Waals surface area contributed by atoms with Crippen LogP contribution in [0, 0.1) is 0 Å². The maximum absolute atomic E-state index is 9.86. The summed E-state index contributed by atoms with van der Waals surface area (Å²) in [6, 6.07) is 0. The lowest BCUT2D eigenvalue weighted by Gasteiger charge is -2.30. The van der Waals surface area contributed by atoms with E-state index < -0.39 is 11.7 Å². The Hall–Kier alpha value is -0.860. The molecule has 2 heteroatoms. The molecule has 0 aromatic heterocycles. The quantitative estimate of drug-likeness (QED) is 0.604. The van der Waals surface area contributed by atoms with Crippen molar-refractivity contribution in [3.63, 3.8) is 0 Å². The van der Waals surface area contributed by atoms with Crippen molar-refractivity contribution >= 4 is 0 Å². The highest BCUT2D eigenvalue weighted by Gasteiger charge is 2.32. The largest absolute Gasteiger partial charge is 0.386 e. The highest BCUT2D eigenvalue weighted by atomic mass is 16.3. The summed E-state index contributed by atoms with van der Waals surface area (Å²) in [6.07, 6.45) is 6.21. The Morgan fingerprint density at radius 2 is 2.25 bits per heavy atom. The van der Waals surface area contributed by atoms with Crippen molar-refractivity contribution in [3.8, 4) is 0 Å². The van der Waals surface area contributed by atoms with Crippen molar-refractivity contribution in [3.05, 3.63) is 36.5 Å². The minimum absolute atomic E-state index is 0.398. The van der Waals surface area contributed by atoms with Crippen LogP contribution in [0.1, 0.15) is 13.3 Å². The topological polar surface area (TPSA) is 40.5 Å². The lowest BCUT2D eigenvalue weighted by Crippen LogP contribution is -2.40. The van der Waals surface area contributed by atoms with Crippen molar-refractivity contribution in [1.29, 1.82) is 0 Å². The summed E-state index contributed by atoms with van der Waals surface area (Å²) >= 11 is 0. The van der Waals surface area contributed by atoms with Gasteiger partial charge in [-0.05, 0) is 13.0 Å². The molecule has 2 N–H and O–H groups in total. The van der Waals surface area contributed by atoms with Crippen LogP contribution in [0.5, 0.6) is 0 Å². The van der Waals surface area contributed by atoms with Gasteiger partial charge >= 0.3 is 0 Å². The van der Waals surface area contributed by atoms with Gasteiger partial charge in [-0.15, -0.1) is 6.58 Å². The normalized spacial score (nSPS) is 33.8. The smallest absolute Gasteiger partial charge is 0.116 e. The second-order valence-corrected chi connectivity index (χ2v) is 3.31. The number of allylic oxidation sites excluding steroid dienone is 2. The van der Waals surface area contributed by atoms with Gasteiger partial charge in [0.1, 0.15) is 11.7 Å². The van der Waals surface area contributed by atoms with Crippen LogP contribution in [0.25, 0.3) is 0 Å². The molecule has 0 radical (unpaired) electrons. The fourth-order valence-electron chi connectivity index (χ4n) is 1.30. The predicted molar refractivity (Wildman–Crippen MR) is 48.7 cm³/mol. The van der Waals surface area contributed by atoms with Crippen molar-refractivity contribution in [2.24, 2.45) is 0 Å². The molecule has 0 saturated carbocycles. The molecular formula is C10H14O2. The maximum atomic E-state index is 9.86. The summed E-state index contributed by atoms with van der Waals surface area (Å²) in [4.78, 5) is 0. The summed E-state index contributed by atoms with van der Waals surface area (Å²) in [6.45, 7) is 5.53. The van der Waals surface area contributed by atoms with Gasteiger partial charge in [0.15, 0.2) is 0 Å². The SMILES string of the molecule is C=C(C)CC1(O)C=CC=CC1O. The van der Waals surface area contributed by atoms with E-state index in [1.165, 1.54) is 0 Å². The zero-order chi connectivity index (χ0) is 9.19. The molecule has 1 aliphatic carbocycles. The van der Waals surface area contributed by atoms with E-state index in [9.17, 15) is 10.2 Å². The van der Waals surface area contributed by atoms with Crippen LogP contribution in [0.15, 0.2) is 36.5 Å². The molecule has 0 fully saturated rings. The van der Waals surface area contributed by atoms with E-state index in [1.807, 2.05) is 6.92 Å². The Bertz CT molecular complexity index is 240. The van der Waals surface area contributed by atoms with Gasteiger partial charge in [0.05, 0.1) is 0 Å². The second kappa shape index (κ2) is 3.25. The Labute approximate surface area is 72.5 Å². The molecule has 0 aromatic rings. The monoisotopic (exact) mass is 166 g/mol. The number of aliphatic hydroxyl groups is 2. The minimum Gasteiger partial charge on any atom is -0.386 e. The molecule has 66 valence electrons. The van der Waals surface area contributed by atoms with Gasteiger partial charge in [0.25, 0.3) is 0 Å². The molecule has 12 heavy (non-hydrogen) atoms. The van der Waals surface area contributed by atoms with Crippen LogP contribution in [0.2, 0.25) is 0 Å². The molecule has 0 heterocycles. The number of hydrogen-bond donors (Lipinski definition) is 2. The fourth-order valence-corrected chi connectivity index (χ4v) is 1.30. The number of aliphatic hydroxyl groups excluding tert-OH is 1. The summed E-state index contributed by atoms with van der Waals surface area (Å²) in [5.74, 6) is 0. The van der Waals surface area contributed by atoms with Crippen LogP contribution in [0.3, 0.4) is 0 Å². The molecule has 2 unspecified atom stereocenters. The van der Waals surface area contributed by atoms with Crippen molar-refractivity contribution in [2.45, 2.75) is 25.0 Å². The third-order valence-corrected chi connectivity index (χ3v) is 1.89. The van der Waals surface area contributed by atoms with E-state index in [1.54, 1.807) is 24.3 Å². The van der Waals surface area contributed by atoms with Crippen molar-refractivity contribution in [2.75, 3.05) is 0 Å². The first-order valence-corrected chi connectivity index (χ1v) is 3.95. The van der Waals surface area contributed by atoms with Gasteiger partial charge in [-0.3, -0.25) is 0 Å². The third-order valence-electron chi connectivity index (χ3n) is 1.89. The highest BCUT2D eigenvalue weighted by molar-refractivity contribution is 5.24. The summed E-state index contributed by atoms with van der Waals surface area (Å²) in [5, 5.41) is 19.3. The van der Waals surface area contributed by atoms with Crippen LogP contribution in [0.4, 0.5) is 0 Å². The van der Waals surface area contributed by atoms with Gasteiger partial charge in [-0.25, -0.2) is 0 Å². The fraction of sp³-hybridized carbons (Fsp3) is 0.400. The Kier molecular flexibility index (Phi) is 2.50. The van der Waals surface area contributed by atoms with Gasteiger partial charge < -0.3 is 10.2 Å². The molecule has 2 nitrogen and oxygen atoms in total. The summed E-state index contributed by atoms with van der Waals surface area (Å²) in [7, 11) is 0. The third kappa shape index (κ3) is 1.84. The van der Waals surface area contributed by atoms with Crippen LogP contribution < -0.4 is 0 Å². The van der Waals surface area contributed by atoms with Gasteiger partial charge in [0, 0.05) is 6.42 Å². The van der Waals surface area contributed by atoms with Crippen molar-refractivity contribution in [1.82, 2.24) is 0 Å². The zero-order valence-corrected chi connectivity index (χ0v) is 7.20. The summed E-state index contributed by atoms with van der Waals surface area (Å²) in [5.41, 5.74) is -0.294. The van der Waals surface area contributed by atoms with Crippen LogP contribution in [-0.2, 0) is 0 Å². The Balaban J connectivity index is 2.76. The molecule has 2 atom stereocenters. The van der Waals surface area contributed by atoms with E-state index >= 15 is 0 Å². The van der Waals surface area contributed by atoms with E-state index in [2.05, 4.69) is 6.58 Å². The van der Waals surface area contributed by atoms with Crippen LogP contribution >= 0.6 is 0 Å². The first-order valence-electron chi connectivity index (χ1n) is 3.95. The highest BCUT2D eigenvalue weighted by Crippen LogP contribution is 2.24. The van der Waals surface area contributed by atoms with Gasteiger partial charge in [-0.2, -0.15) is 0 Å². The molecule has 0 spiro atoms. The Morgan fingerprint density at radius 1 is 1.58 bits per heavy atom. The summed E-state index contributed by atoms with van der Waals surface area (Å²) < 4.78 is 0.